The van der Waals surface area contributed by atoms with Gasteiger partial charge in [0.25, 0.3) is 0 Å². The van der Waals surface area contributed by atoms with Crippen LogP contribution in [0, 0.1) is 0 Å². The SMILES string of the molecule is NC(=O)N[SiH2]F. The normalized spacial score (nSPS) is 9.50. The number of hydrogen-bond acceptors (Lipinski definition) is 1. The zero-order chi connectivity index (χ0) is 4.99. The van der Waals surface area contributed by atoms with Crippen molar-refractivity contribution in [2.75, 3.05) is 0 Å². The summed E-state index contributed by atoms with van der Waals surface area (Å²) in [5.74, 6) is 0. The first-order valence-corrected chi connectivity index (χ1v) is 2.61. The number of nitrogens with one attached hydrogen (secondary N) is 1. The molecule has 0 aliphatic rings. The minimum Gasteiger partial charge on any atom is -0.352 e. The molecule has 5 heteroatoms. The standard InChI is InChI=1S/CH5FN2OSi/c2-6-4-1(3)5/h6H2,(H3,3,4,5). The fraction of sp³-hybridized carbons (Fsp3) is 0. The lowest BCUT2D eigenvalue weighted by Gasteiger charge is -1.85. The van der Waals surface area contributed by atoms with Gasteiger partial charge in [-0.25, -0.2) is 4.79 Å². The number of nitrogens with two attached hydrogens (primary N) is 1. The van der Waals surface area contributed by atoms with E-state index in [2.05, 4.69) is 5.73 Å². The summed E-state index contributed by atoms with van der Waals surface area (Å²) in [5, 5.41) is 0. The van der Waals surface area contributed by atoms with Gasteiger partial charge in [-0.05, 0) is 0 Å². The Morgan fingerprint density at radius 3 is 2.50 bits per heavy atom. The van der Waals surface area contributed by atoms with Crippen LogP contribution in [0.3, 0.4) is 0 Å². The molecule has 3 N–H and O–H groups in total. The third-order valence-corrected chi connectivity index (χ3v) is 0.723. The van der Waals surface area contributed by atoms with Gasteiger partial charge in [-0.3, -0.25) is 4.11 Å². The zero-order valence-corrected chi connectivity index (χ0v) is 4.48. The van der Waals surface area contributed by atoms with Crippen molar-refractivity contribution in [1.82, 2.24) is 4.98 Å². The van der Waals surface area contributed by atoms with Crippen LogP contribution in [0.4, 0.5) is 8.90 Å². The molecule has 0 aromatic heterocycles. The number of urea groups is 1. The maximum absolute atomic E-state index is 11.0. The van der Waals surface area contributed by atoms with Gasteiger partial charge in [-0.15, -0.1) is 0 Å². The lowest BCUT2D eigenvalue weighted by Crippen LogP contribution is -2.30. The fourth-order valence-electron chi connectivity index (χ4n) is 0.0659. The molecular weight excluding hydrogens is 103 g/mol. The summed E-state index contributed by atoms with van der Waals surface area (Å²) in [7, 11) is -1.86. The minimum absolute atomic E-state index is 0.774. The summed E-state index contributed by atoms with van der Waals surface area (Å²) < 4.78 is 11.0. The Bertz CT molecular complexity index is 57.5. The molecule has 0 aliphatic carbocycles. The van der Waals surface area contributed by atoms with Crippen LogP contribution < -0.4 is 10.7 Å². The first kappa shape index (κ1) is 5.42. The molecule has 0 unspecified atom stereocenters. The highest BCUT2D eigenvalue weighted by atomic mass is 28.3. The monoisotopic (exact) mass is 108 g/mol. The first-order chi connectivity index (χ1) is 2.77. The molecule has 0 atom stereocenters. The fourth-order valence-corrected chi connectivity index (χ4v) is 0.198. The Labute approximate surface area is 36.8 Å². The van der Waals surface area contributed by atoms with Crippen molar-refractivity contribution in [3.8, 4) is 0 Å². The quantitative estimate of drug-likeness (QED) is 0.316. The molecule has 0 heterocycles. The molecule has 0 aromatic carbocycles. The largest absolute Gasteiger partial charge is 0.352 e. The Hall–Kier alpha value is -0.583. The average molecular weight is 108 g/mol. The lowest BCUT2D eigenvalue weighted by atomic mass is 11.2. The van der Waals surface area contributed by atoms with E-state index in [0.717, 1.165) is 0 Å². The molecule has 36 valence electrons. The van der Waals surface area contributed by atoms with Gasteiger partial charge in [0.05, 0.1) is 0 Å². The summed E-state index contributed by atoms with van der Waals surface area (Å²) in [5.41, 5.74) is 4.45. The molecule has 0 aliphatic heterocycles. The molecular formula is CH5FN2OSi. The maximum atomic E-state index is 11.0. The third-order valence-electron chi connectivity index (χ3n) is 0.241. The lowest BCUT2D eigenvalue weighted by molar-refractivity contribution is 0.253. The van der Waals surface area contributed by atoms with Gasteiger partial charge in [-0.2, -0.15) is 0 Å². The van der Waals surface area contributed by atoms with Gasteiger partial charge < -0.3 is 10.7 Å². The van der Waals surface area contributed by atoms with E-state index in [9.17, 15) is 8.90 Å². The molecule has 0 saturated heterocycles. The van der Waals surface area contributed by atoms with Gasteiger partial charge >= 0.3 is 16.0 Å². The zero-order valence-electron chi connectivity index (χ0n) is 3.07. The van der Waals surface area contributed by atoms with Crippen LogP contribution >= 0.6 is 0 Å². The molecule has 0 bridgehead atoms. The van der Waals surface area contributed by atoms with Crippen molar-refractivity contribution < 1.29 is 8.90 Å². The predicted molar refractivity (Wildman–Crippen MR) is 22.4 cm³/mol. The van der Waals surface area contributed by atoms with Crippen LogP contribution in [0.25, 0.3) is 0 Å². The number of rotatable bonds is 1. The van der Waals surface area contributed by atoms with Crippen molar-refractivity contribution >= 4 is 16.0 Å². The van der Waals surface area contributed by atoms with E-state index in [1.54, 1.807) is 0 Å². The molecule has 0 saturated carbocycles. The molecule has 0 rings (SSSR count). The smallest absolute Gasteiger partial charge is 0.319 e. The van der Waals surface area contributed by atoms with Gasteiger partial charge in [-0.1, -0.05) is 0 Å². The van der Waals surface area contributed by atoms with E-state index in [1.165, 1.54) is 0 Å². The topological polar surface area (TPSA) is 55.1 Å². The van der Waals surface area contributed by atoms with Crippen molar-refractivity contribution in [2.45, 2.75) is 0 Å². The summed E-state index contributed by atoms with van der Waals surface area (Å²) in [6.45, 7) is 0. The van der Waals surface area contributed by atoms with Crippen molar-refractivity contribution in [3.63, 3.8) is 0 Å². The van der Waals surface area contributed by atoms with E-state index in [-0.39, 0.29) is 0 Å². The van der Waals surface area contributed by atoms with Crippen LogP contribution in [-0.4, -0.2) is 16.0 Å². The maximum Gasteiger partial charge on any atom is 0.319 e. The summed E-state index contributed by atoms with van der Waals surface area (Å²) in [6, 6.07) is -0.774. The second-order valence-electron chi connectivity index (χ2n) is 0.675. The number of halogens is 1. The van der Waals surface area contributed by atoms with Crippen LogP contribution in [0.1, 0.15) is 0 Å². The highest BCUT2D eigenvalue weighted by Gasteiger charge is 1.83. The van der Waals surface area contributed by atoms with Crippen LogP contribution in [0.15, 0.2) is 0 Å². The number of carbonyl (C=O) groups is 1. The van der Waals surface area contributed by atoms with Gasteiger partial charge in [0.15, 0.2) is 0 Å². The van der Waals surface area contributed by atoms with Gasteiger partial charge in [0.2, 0.25) is 0 Å². The molecule has 3 nitrogen and oxygen atoms in total. The molecule has 0 fully saturated rings. The van der Waals surface area contributed by atoms with E-state index in [1.807, 2.05) is 4.98 Å². The Morgan fingerprint density at radius 2 is 2.50 bits per heavy atom. The third kappa shape index (κ3) is 3.42. The molecule has 0 aromatic rings. The Morgan fingerprint density at radius 1 is 2.00 bits per heavy atom. The first-order valence-electron chi connectivity index (χ1n) is 1.36. The number of hydrogen-bond donors (Lipinski definition) is 2. The number of carbonyl (C=O) groups excluding carboxylic acids is 1. The predicted octanol–water partition coefficient (Wildman–Crippen LogP) is -1.38. The van der Waals surface area contributed by atoms with Crippen molar-refractivity contribution in [2.24, 2.45) is 5.73 Å². The Balaban J connectivity index is 2.83. The van der Waals surface area contributed by atoms with Crippen LogP contribution in [0.5, 0.6) is 0 Å². The number of amides is 2. The summed E-state index contributed by atoms with van der Waals surface area (Å²) >= 11 is 0. The number of primary amides is 1. The van der Waals surface area contributed by atoms with E-state index >= 15 is 0 Å². The Kier molecular flexibility index (Phi) is 2.39. The van der Waals surface area contributed by atoms with Crippen LogP contribution in [0.2, 0.25) is 0 Å². The van der Waals surface area contributed by atoms with E-state index in [4.69, 9.17) is 0 Å². The van der Waals surface area contributed by atoms with E-state index in [0.29, 0.717) is 0 Å². The van der Waals surface area contributed by atoms with Crippen molar-refractivity contribution in [3.05, 3.63) is 0 Å². The van der Waals surface area contributed by atoms with Crippen molar-refractivity contribution in [1.29, 1.82) is 0 Å². The highest BCUT2D eigenvalue weighted by molar-refractivity contribution is 6.28. The van der Waals surface area contributed by atoms with Gasteiger partial charge in [0.1, 0.15) is 0 Å². The van der Waals surface area contributed by atoms with E-state index < -0.39 is 16.0 Å². The average Bonchev–Trinajstić information content (AvgIpc) is 1.35. The summed E-state index contributed by atoms with van der Waals surface area (Å²) in [6.07, 6.45) is 0. The summed E-state index contributed by atoms with van der Waals surface area (Å²) in [4.78, 5) is 11.3. The second-order valence-corrected chi connectivity index (χ2v) is 1.30. The van der Waals surface area contributed by atoms with Crippen LogP contribution in [-0.2, 0) is 0 Å². The highest BCUT2D eigenvalue weighted by Crippen LogP contribution is 1.50. The minimum atomic E-state index is -1.86. The molecule has 0 spiro atoms. The molecule has 0 radical (unpaired) electrons. The van der Waals surface area contributed by atoms with Gasteiger partial charge in [0, 0.05) is 0 Å². The molecule has 2 amide bonds. The second kappa shape index (κ2) is 2.64. The molecule has 6 heavy (non-hydrogen) atoms.